The maximum Gasteiger partial charge on any atom is 0.412 e. The number of hydrogen-bond acceptors (Lipinski definition) is 7. The standard InChI is InChI=1S/C26H36BrN5O5S/c1-25(2,3)36-23(34)28-14-16-9-11-32(12-10-16)20-8-7-17(29-24(35)37-26(4,5)6)13-18(20)30-21(33)19-15-38-22(27)31-19/h7-8,13,15-16H,9-12,14H2,1-6H3,(H,28,34)(H,29,35)(H,30,33)/p+1. The van der Waals surface area contributed by atoms with E-state index in [0.29, 0.717) is 29.5 Å². The molecule has 0 aliphatic carbocycles. The Morgan fingerprint density at radius 3 is 2.24 bits per heavy atom. The third-order valence-electron chi connectivity index (χ3n) is 5.54. The lowest BCUT2D eigenvalue weighted by atomic mass is 9.96. The molecule has 2 heterocycles. The van der Waals surface area contributed by atoms with Gasteiger partial charge in [0.05, 0.1) is 16.8 Å². The van der Waals surface area contributed by atoms with Gasteiger partial charge in [0.15, 0.2) is 0 Å². The zero-order valence-corrected chi connectivity index (χ0v) is 25.1. The van der Waals surface area contributed by atoms with Gasteiger partial charge in [-0.1, -0.05) is 11.3 Å². The molecule has 208 valence electrons. The van der Waals surface area contributed by atoms with Crippen molar-refractivity contribution in [3.8, 4) is 0 Å². The van der Waals surface area contributed by atoms with Gasteiger partial charge in [-0.05, 0) is 78.5 Å². The second kappa shape index (κ2) is 12.3. The molecule has 3 rings (SSSR count). The van der Waals surface area contributed by atoms with E-state index in [1.165, 1.54) is 11.3 Å². The third-order valence-corrected chi connectivity index (χ3v) is 6.96. The Hall–Kier alpha value is -2.86. The molecular weight excluding hydrogens is 574 g/mol. The van der Waals surface area contributed by atoms with Gasteiger partial charge in [-0.15, -0.1) is 0 Å². The number of piperidine rings is 1. The smallest absolute Gasteiger partial charge is 0.412 e. The van der Waals surface area contributed by atoms with Crippen LogP contribution in [-0.2, 0) is 9.47 Å². The third kappa shape index (κ3) is 9.46. The van der Waals surface area contributed by atoms with E-state index in [2.05, 4.69) is 41.8 Å². The van der Waals surface area contributed by atoms with E-state index in [1.54, 1.807) is 38.3 Å². The van der Waals surface area contributed by atoms with E-state index < -0.39 is 23.4 Å². The van der Waals surface area contributed by atoms with Crippen LogP contribution in [0.1, 0.15) is 64.9 Å². The first-order chi connectivity index (χ1) is 17.7. The number of amides is 3. The number of aromatic nitrogens is 1. The SMILES string of the molecule is CC(C)(C)OC(=O)NCC1CCN(c2ccc(NC(=O)OC(C)(C)C)cc2NC(=O)c2csc(Br)[nH+]2)CC1. The highest BCUT2D eigenvalue weighted by Gasteiger charge is 2.25. The van der Waals surface area contributed by atoms with Gasteiger partial charge in [0.2, 0.25) is 0 Å². The van der Waals surface area contributed by atoms with Crippen LogP contribution in [0.25, 0.3) is 0 Å². The first-order valence-corrected chi connectivity index (χ1v) is 14.2. The summed E-state index contributed by atoms with van der Waals surface area (Å²) < 4.78 is 11.4. The van der Waals surface area contributed by atoms with E-state index in [4.69, 9.17) is 9.47 Å². The fourth-order valence-corrected chi connectivity index (χ4v) is 4.96. The Morgan fingerprint density at radius 2 is 1.66 bits per heavy atom. The molecule has 1 aromatic carbocycles. The highest BCUT2D eigenvalue weighted by atomic mass is 79.9. The molecule has 12 heteroatoms. The summed E-state index contributed by atoms with van der Waals surface area (Å²) in [6.45, 7) is 12.9. The van der Waals surface area contributed by atoms with Crippen molar-refractivity contribution in [3.63, 3.8) is 0 Å². The molecule has 10 nitrogen and oxygen atoms in total. The predicted molar refractivity (Wildman–Crippen MR) is 152 cm³/mol. The number of carbonyl (C=O) groups excluding carboxylic acids is 3. The van der Waals surface area contributed by atoms with Crippen molar-refractivity contribution >= 4 is 62.4 Å². The van der Waals surface area contributed by atoms with E-state index >= 15 is 0 Å². The monoisotopic (exact) mass is 610 g/mol. The number of aromatic amines is 1. The number of benzene rings is 1. The average Bonchev–Trinajstić information content (AvgIpc) is 3.22. The molecule has 1 fully saturated rings. The second-order valence-corrected chi connectivity index (χ2v) is 13.4. The first-order valence-electron chi connectivity index (χ1n) is 12.5. The molecule has 38 heavy (non-hydrogen) atoms. The number of carbonyl (C=O) groups is 3. The molecule has 0 atom stereocenters. The number of hydrogen-bond donors (Lipinski definition) is 3. The lowest BCUT2D eigenvalue weighted by Gasteiger charge is -2.35. The van der Waals surface area contributed by atoms with E-state index in [0.717, 1.165) is 35.5 Å². The van der Waals surface area contributed by atoms with Crippen LogP contribution in [0.5, 0.6) is 0 Å². The van der Waals surface area contributed by atoms with E-state index in [9.17, 15) is 14.4 Å². The molecule has 1 aliphatic rings. The van der Waals surface area contributed by atoms with Crippen molar-refractivity contribution in [2.45, 2.75) is 65.6 Å². The number of ether oxygens (including phenoxy) is 2. The molecule has 0 spiro atoms. The summed E-state index contributed by atoms with van der Waals surface area (Å²) in [5, 5.41) is 10.3. The van der Waals surface area contributed by atoms with Gasteiger partial charge in [0.25, 0.3) is 5.69 Å². The van der Waals surface area contributed by atoms with Crippen LogP contribution < -0.4 is 25.8 Å². The van der Waals surface area contributed by atoms with Crippen molar-refractivity contribution in [1.82, 2.24) is 5.32 Å². The molecule has 2 aromatic rings. The lowest BCUT2D eigenvalue weighted by Crippen LogP contribution is -2.40. The Morgan fingerprint density at radius 1 is 1.03 bits per heavy atom. The average molecular weight is 612 g/mol. The Labute approximate surface area is 236 Å². The number of nitrogens with one attached hydrogen (secondary N) is 4. The first kappa shape index (κ1) is 29.7. The maximum absolute atomic E-state index is 12.9. The zero-order valence-electron chi connectivity index (χ0n) is 22.7. The molecule has 3 amide bonds. The minimum Gasteiger partial charge on any atom is -0.444 e. The minimum atomic E-state index is -0.633. The molecular formula is C26H37BrN5O5S+. The number of alkyl carbamates (subject to hydrolysis) is 1. The molecule has 0 saturated carbocycles. The van der Waals surface area contributed by atoms with E-state index in [1.807, 2.05) is 26.8 Å². The van der Waals surface area contributed by atoms with Crippen LogP contribution in [0.2, 0.25) is 0 Å². The predicted octanol–water partition coefficient (Wildman–Crippen LogP) is 5.67. The highest BCUT2D eigenvalue weighted by Crippen LogP contribution is 2.33. The zero-order chi connectivity index (χ0) is 28.1. The van der Waals surface area contributed by atoms with Crippen LogP contribution in [-0.4, -0.2) is 48.9 Å². The van der Waals surface area contributed by atoms with Gasteiger partial charge < -0.3 is 25.0 Å². The van der Waals surface area contributed by atoms with Crippen molar-refractivity contribution in [1.29, 1.82) is 0 Å². The summed E-state index contributed by atoms with van der Waals surface area (Å²) in [7, 11) is 0. The molecule has 1 saturated heterocycles. The van der Waals surface area contributed by atoms with Crippen LogP contribution >= 0.6 is 27.3 Å². The van der Waals surface area contributed by atoms with Gasteiger partial charge in [-0.3, -0.25) is 10.1 Å². The molecule has 0 unspecified atom stereocenters. The molecule has 1 aliphatic heterocycles. The molecule has 1 aromatic heterocycles. The van der Waals surface area contributed by atoms with Crippen molar-refractivity contribution < 1.29 is 28.8 Å². The van der Waals surface area contributed by atoms with Crippen molar-refractivity contribution in [2.75, 3.05) is 35.2 Å². The van der Waals surface area contributed by atoms with Gasteiger partial charge in [-0.2, -0.15) is 4.98 Å². The summed E-state index contributed by atoms with van der Waals surface area (Å²) in [5.74, 6) is 0.0294. The normalized spacial score (nSPS) is 14.6. The van der Waals surface area contributed by atoms with Crippen LogP contribution in [0.15, 0.2) is 27.5 Å². The topological polar surface area (TPSA) is 123 Å². The summed E-state index contributed by atoms with van der Waals surface area (Å²) in [6.07, 6.45) is 0.754. The quantitative estimate of drug-likeness (QED) is 0.387. The molecule has 4 N–H and O–H groups in total. The fourth-order valence-electron chi connectivity index (χ4n) is 3.91. The highest BCUT2D eigenvalue weighted by molar-refractivity contribution is 9.11. The number of nitrogens with zero attached hydrogens (tertiary/aromatic N) is 1. The molecule has 0 radical (unpaired) electrons. The lowest BCUT2D eigenvalue weighted by molar-refractivity contribution is -0.387. The van der Waals surface area contributed by atoms with Crippen molar-refractivity contribution in [3.05, 3.63) is 33.2 Å². The Balaban J connectivity index is 1.70. The van der Waals surface area contributed by atoms with Gasteiger partial charge in [-0.25, -0.2) is 9.59 Å². The summed E-state index contributed by atoms with van der Waals surface area (Å²) in [4.78, 5) is 42.5. The van der Waals surface area contributed by atoms with Crippen LogP contribution in [0.3, 0.4) is 0 Å². The van der Waals surface area contributed by atoms with E-state index in [-0.39, 0.29) is 5.91 Å². The maximum atomic E-state index is 12.9. The molecule has 0 bridgehead atoms. The number of rotatable bonds is 6. The number of thiazole rings is 1. The summed E-state index contributed by atoms with van der Waals surface area (Å²) in [6, 6.07) is 5.40. The number of halogens is 1. The number of H-pyrrole nitrogens is 1. The fraction of sp³-hybridized carbons (Fsp3) is 0.538. The van der Waals surface area contributed by atoms with Crippen LogP contribution in [0, 0.1) is 5.92 Å². The largest absolute Gasteiger partial charge is 0.444 e. The second-order valence-electron chi connectivity index (χ2n) is 11.2. The minimum absolute atomic E-state index is 0.293. The van der Waals surface area contributed by atoms with Gasteiger partial charge >= 0.3 is 22.0 Å². The van der Waals surface area contributed by atoms with Gasteiger partial charge in [0, 0.05) is 41.3 Å². The summed E-state index contributed by atoms with van der Waals surface area (Å²) in [5.41, 5.74) is 1.18. The summed E-state index contributed by atoms with van der Waals surface area (Å²) >= 11 is 4.73. The van der Waals surface area contributed by atoms with Gasteiger partial charge in [0.1, 0.15) is 11.2 Å². The van der Waals surface area contributed by atoms with Crippen molar-refractivity contribution in [2.24, 2.45) is 5.92 Å². The Kier molecular flexibility index (Phi) is 9.64. The number of anilines is 3. The Bertz CT molecular complexity index is 1150. The van der Waals surface area contributed by atoms with Crippen LogP contribution in [0.4, 0.5) is 26.7 Å².